The molecule has 4 nitrogen and oxygen atoms in total. The largest absolute Gasteiger partial charge is 0.495 e. The number of para-hydroxylation sites is 2. The van der Waals surface area contributed by atoms with Gasteiger partial charge in [-0.3, -0.25) is 4.57 Å². The van der Waals surface area contributed by atoms with Crippen LogP contribution in [0.15, 0.2) is 59.6 Å². The number of benzene rings is 1. The molecule has 3 aromatic rings. The van der Waals surface area contributed by atoms with Crippen LogP contribution in [0.5, 0.6) is 5.75 Å². The Bertz CT molecular complexity index is 766. The maximum atomic E-state index is 5.50. The van der Waals surface area contributed by atoms with Gasteiger partial charge in [-0.25, -0.2) is 0 Å². The second-order valence-electron chi connectivity index (χ2n) is 4.39. The van der Waals surface area contributed by atoms with Crippen molar-refractivity contribution in [3.05, 3.63) is 54.4 Å². The van der Waals surface area contributed by atoms with Gasteiger partial charge in [-0.15, -0.1) is 28.1 Å². The second kappa shape index (κ2) is 6.81. The van der Waals surface area contributed by atoms with Crippen molar-refractivity contribution in [3.63, 3.8) is 0 Å². The summed E-state index contributed by atoms with van der Waals surface area (Å²) in [5, 5.41) is 11.6. The van der Waals surface area contributed by atoms with Crippen molar-refractivity contribution in [3.8, 4) is 22.1 Å². The van der Waals surface area contributed by atoms with Crippen molar-refractivity contribution >= 4 is 23.1 Å². The number of hydrogen-bond donors (Lipinski definition) is 0. The number of thioether (sulfide) groups is 1. The number of ether oxygens (including phenoxy) is 1. The van der Waals surface area contributed by atoms with E-state index in [-0.39, 0.29) is 0 Å². The molecule has 2 heterocycles. The van der Waals surface area contributed by atoms with E-state index in [4.69, 9.17) is 4.74 Å². The Labute approximate surface area is 137 Å². The predicted molar refractivity (Wildman–Crippen MR) is 92.1 cm³/mol. The molecule has 0 radical (unpaired) electrons. The number of thiophene rings is 1. The van der Waals surface area contributed by atoms with E-state index in [1.54, 1.807) is 30.2 Å². The molecule has 0 unspecified atom stereocenters. The molecule has 0 amide bonds. The minimum absolute atomic E-state index is 0.776. The van der Waals surface area contributed by atoms with Crippen molar-refractivity contribution in [2.24, 2.45) is 0 Å². The Morgan fingerprint density at radius 2 is 2.14 bits per heavy atom. The fraction of sp³-hybridized carbons (Fsp3) is 0.125. The van der Waals surface area contributed by atoms with Gasteiger partial charge in [0.05, 0.1) is 17.7 Å². The van der Waals surface area contributed by atoms with E-state index in [9.17, 15) is 0 Å². The van der Waals surface area contributed by atoms with E-state index >= 15 is 0 Å². The molecule has 0 aliphatic heterocycles. The Morgan fingerprint density at radius 3 is 2.86 bits per heavy atom. The average Bonchev–Trinajstić information content (AvgIpc) is 3.21. The highest BCUT2D eigenvalue weighted by Gasteiger charge is 2.18. The maximum absolute atomic E-state index is 5.50. The monoisotopic (exact) mass is 329 g/mol. The number of hydrogen-bond acceptors (Lipinski definition) is 5. The minimum atomic E-state index is 0.776. The molecular weight excluding hydrogens is 314 g/mol. The molecule has 0 aliphatic carbocycles. The Hall–Kier alpha value is -2.05. The van der Waals surface area contributed by atoms with Crippen LogP contribution >= 0.6 is 23.1 Å². The molecule has 0 N–H and O–H groups in total. The van der Waals surface area contributed by atoms with Gasteiger partial charge in [0.25, 0.3) is 0 Å². The Kier molecular flexibility index (Phi) is 4.60. The first-order valence-corrected chi connectivity index (χ1v) is 8.58. The van der Waals surface area contributed by atoms with Crippen LogP contribution in [-0.4, -0.2) is 27.6 Å². The zero-order chi connectivity index (χ0) is 15.4. The molecule has 1 aromatic carbocycles. The van der Waals surface area contributed by atoms with Crippen LogP contribution in [0.3, 0.4) is 0 Å². The van der Waals surface area contributed by atoms with Gasteiger partial charge < -0.3 is 4.74 Å². The highest BCUT2D eigenvalue weighted by molar-refractivity contribution is 7.99. The first-order valence-electron chi connectivity index (χ1n) is 6.71. The van der Waals surface area contributed by atoms with Crippen LogP contribution in [0, 0.1) is 0 Å². The molecule has 112 valence electrons. The third-order valence-corrected chi connectivity index (χ3v) is 4.82. The summed E-state index contributed by atoms with van der Waals surface area (Å²) in [5.74, 6) is 2.39. The van der Waals surface area contributed by atoms with Crippen LogP contribution in [0.4, 0.5) is 0 Å². The lowest BCUT2D eigenvalue weighted by atomic mass is 10.3. The smallest absolute Gasteiger partial charge is 0.196 e. The summed E-state index contributed by atoms with van der Waals surface area (Å²) < 4.78 is 7.54. The molecule has 0 atom stereocenters. The number of nitrogens with zero attached hydrogens (tertiary/aromatic N) is 3. The molecule has 22 heavy (non-hydrogen) atoms. The number of aromatic nitrogens is 3. The fourth-order valence-corrected chi connectivity index (χ4v) is 3.47. The molecule has 0 aliphatic rings. The summed E-state index contributed by atoms with van der Waals surface area (Å²) in [6, 6.07) is 11.9. The molecule has 0 saturated carbocycles. The van der Waals surface area contributed by atoms with E-state index in [0.717, 1.165) is 33.0 Å². The van der Waals surface area contributed by atoms with Crippen LogP contribution in [0.2, 0.25) is 0 Å². The van der Waals surface area contributed by atoms with E-state index in [2.05, 4.69) is 16.8 Å². The summed E-state index contributed by atoms with van der Waals surface area (Å²) >= 11 is 3.24. The van der Waals surface area contributed by atoms with Crippen LogP contribution in [0.25, 0.3) is 16.4 Å². The topological polar surface area (TPSA) is 39.9 Å². The quantitative estimate of drug-likeness (QED) is 0.500. The van der Waals surface area contributed by atoms with E-state index in [1.165, 1.54) is 0 Å². The molecule has 6 heteroatoms. The lowest BCUT2D eigenvalue weighted by Gasteiger charge is -2.12. The first kappa shape index (κ1) is 14.9. The molecule has 0 bridgehead atoms. The van der Waals surface area contributed by atoms with E-state index < -0.39 is 0 Å². The normalized spacial score (nSPS) is 10.6. The van der Waals surface area contributed by atoms with Crippen molar-refractivity contribution in [2.75, 3.05) is 12.9 Å². The molecule has 2 aromatic heterocycles. The van der Waals surface area contributed by atoms with Gasteiger partial charge in [0.2, 0.25) is 0 Å². The molecule has 0 spiro atoms. The van der Waals surface area contributed by atoms with Gasteiger partial charge >= 0.3 is 0 Å². The second-order valence-corrected chi connectivity index (χ2v) is 6.33. The summed E-state index contributed by atoms with van der Waals surface area (Å²) in [6.45, 7) is 3.77. The zero-order valence-electron chi connectivity index (χ0n) is 12.1. The van der Waals surface area contributed by atoms with Crippen LogP contribution in [-0.2, 0) is 0 Å². The summed E-state index contributed by atoms with van der Waals surface area (Å²) in [4.78, 5) is 1.07. The summed E-state index contributed by atoms with van der Waals surface area (Å²) in [7, 11) is 1.67. The lowest BCUT2D eigenvalue weighted by Crippen LogP contribution is -2.01. The van der Waals surface area contributed by atoms with Crippen LogP contribution in [0.1, 0.15) is 0 Å². The van der Waals surface area contributed by atoms with E-state index in [0.29, 0.717) is 0 Å². The average molecular weight is 329 g/mol. The van der Waals surface area contributed by atoms with E-state index in [1.807, 2.05) is 52.4 Å². The van der Waals surface area contributed by atoms with Gasteiger partial charge in [0, 0.05) is 5.75 Å². The van der Waals surface area contributed by atoms with Crippen LogP contribution < -0.4 is 4.74 Å². The predicted octanol–water partition coefficient (Wildman–Crippen LogP) is 4.28. The SMILES string of the molecule is C=CCSc1nnc(-c2cccs2)n1-c1ccccc1OC. The highest BCUT2D eigenvalue weighted by atomic mass is 32.2. The van der Waals surface area contributed by atoms with Crippen molar-refractivity contribution in [2.45, 2.75) is 5.16 Å². The van der Waals surface area contributed by atoms with Gasteiger partial charge in [-0.2, -0.15) is 0 Å². The van der Waals surface area contributed by atoms with Gasteiger partial charge in [-0.1, -0.05) is 36.0 Å². The standard InChI is InChI=1S/C16H15N3OS2/c1-3-10-22-16-18-17-15(14-9-6-11-21-14)19(16)12-7-4-5-8-13(12)20-2/h3-9,11H,1,10H2,2H3. The fourth-order valence-electron chi connectivity index (χ4n) is 2.09. The zero-order valence-corrected chi connectivity index (χ0v) is 13.7. The summed E-state index contributed by atoms with van der Waals surface area (Å²) in [6.07, 6.45) is 1.86. The minimum Gasteiger partial charge on any atom is -0.495 e. The van der Waals surface area contributed by atoms with Gasteiger partial charge in [0.1, 0.15) is 5.75 Å². The third-order valence-electron chi connectivity index (χ3n) is 3.03. The molecule has 0 saturated heterocycles. The molecule has 3 rings (SSSR count). The summed E-state index contributed by atoms with van der Waals surface area (Å²) in [5.41, 5.74) is 0.935. The number of rotatable bonds is 6. The Balaban J connectivity index is 2.18. The maximum Gasteiger partial charge on any atom is 0.196 e. The number of methoxy groups -OCH3 is 1. The van der Waals surface area contributed by atoms with Crippen molar-refractivity contribution in [1.82, 2.24) is 14.8 Å². The van der Waals surface area contributed by atoms with Gasteiger partial charge in [0.15, 0.2) is 11.0 Å². The molecule has 0 fully saturated rings. The highest BCUT2D eigenvalue weighted by Crippen LogP contribution is 2.33. The Morgan fingerprint density at radius 1 is 1.27 bits per heavy atom. The van der Waals surface area contributed by atoms with Gasteiger partial charge in [-0.05, 0) is 23.6 Å². The first-order chi connectivity index (χ1) is 10.8. The van der Waals surface area contributed by atoms with Crippen molar-refractivity contribution in [1.29, 1.82) is 0 Å². The van der Waals surface area contributed by atoms with Crippen molar-refractivity contribution < 1.29 is 4.74 Å². The molecular formula is C16H15N3OS2. The third kappa shape index (κ3) is 2.80. The lowest BCUT2D eigenvalue weighted by molar-refractivity contribution is 0.412.